The van der Waals surface area contributed by atoms with Crippen LogP contribution in [0.25, 0.3) is 0 Å². The quantitative estimate of drug-likeness (QED) is 0.469. The Hall–Kier alpha value is -0.690. The fraction of sp³-hybridized carbons (Fsp3) is 0.917. The van der Waals surface area contributed by atoms with E-state index in [4.69, 9.17) is 9.84 Å². The highest BCUT2D eigenvalue weighted by molar-refractivity contribution is 5.73. The lowest BCUT2D eigenvalue weighted by Gasteiger charge is -2.33. The van der Waals surface area contributed by atoms with Crippen LogP contribution in [0.3, 0.4) is 0 Å². The first kappa shape index (κ1) is 17.3. The van der Waals surface area contributed by atoms with Crippen LogP contribution in [-0.2, 0) is 9.53 Å². The predicted molar refractivity (Wildman–Crippen MR) is 67.0 cm³/mol. The van der Waals surface area contributed by atoms with Gasteiger partial charge in [-0.3, -0.25) is 4.79 Å². The number of ether oxygens (including phenoxy) is 1. The van der Waals surface area contributed by atoms with Gasteiger partial charge in [-0.25, -0.2) is 0 Å². The molecule has 0 aliphatic heterocycles. The maximum Gasteiger partial charge on any atom is 0.217 e. The molecule has 1 amide bonds. The summed E-state index contributed by atoms with van der Waals surface area (Å²) in [5, 5.41) is 31.0. The molecule has 108 valence electrons. The number of hydrogen-bond acceptors (Lipinski definition) is 5. The molecule has 0 saturated carbocycles. The second kappa shape index (κ2) is 8.42. The average Bonchev–Trinajstić information content (AvgIpc) is 2.30. The molecule has 0 fully saturated rings. The molecule has 0 saturated heterocycles. The number of carbonyl (C=O) groups is 1. The van der Waals surface area contributed by atoms with Gasteiger partial charge in [-0.1, -0.05) is 6.92 Å². The third-order valence-electron chi connectivity index (χ3n) is 2.57. The molecule has 0 aromatic rings. The lowest BCUT2D eigenvalue weighted by atomic mass is 9.98. The van der Waals surface area contributed by atoms with Gasteiger partial charge in [0.2, 0.25) is 5.91 Å². The van der Waals surface area contributed by atoms with E-state index in [-0.39, 0.29) is 12.0 Å². The van der Waals surface area contributed by atoms with E-state index in [0.717, 1.165) is 0 Å². The lowest BCUT2D eigenvalue weighted by Crippen LogP contribution is -2.54. The van der Waals surface area contributed by atoms with Crippen molar-refractivity contribution in [1.29, 1.82) is 0 Å². The molecule has 18 heavy (non-hydrogen) atoms. The molecule has 0 aromatic heterocycles. The summed E-state index contributed by atoms with van der Waals surface area (Å²) in [6.07, 6.45) is -2.93. The first-order chi connectivity index (χ1) is 8.33. The SMILES string of the molecule is CCC(NC(C)=O)[C@@H](OC(C)C)[C@@H](O)C(O)CO. The molecule has 0 aromatic carbocycles. The highest BCUT2D eigenvalue weighted by atomic mass is 16.5. The maximum atomic E-state index is 11.1. The summed E-state index contributed by atoms with van der Waals surface area (Å²) in [5.74, 6) is -0.232. The van der Waals surface area contributed by atoms with Crippen LogP contribution in [0.1, 0.15) is 34.1 Å². The first-order valence-corrected chi connectivity index (χ1v) is 6.23. The van der Waals surface area contributed by atoms with E-state index in [9.17, 15) is 15.0 Å². The summed E-state index contributed by atoms with van der Waals surface area (Å²) in [6.45, 7) is 6.26. The van der Waals surface area contributed by atoms with Crippen LogP contribution in [0.4, 0.5) is 0 Å². The van der Waals surface area contributed by atoms with Crippen LogP contribution in [-0.4, -0.2) is 58.3 Å². The Kier molecular flexibility index (Phi) is 8.10. The van der Waals surface area contributed by atoms with Gasteiger partial charge < -0.3 is 25.4 Å². The summed E-state index contributed by atoms with van der Waals surface area (Å²) < 4.78 is 5.55. The monoisotopic (exact) mass is 263 g/mol. The fourth-order valence-electron chi connectivity index (χ4n) is 1.73. The molecular weight excluding hydrogens is 238 g/mol. The Morgan fingerprint density at radius 3 is 2.22 bits per heavy atom. The number of hydrogen-bond donors (Lipinski definition) is 4. The van der Waals surface area contributed by atoms with E-state index < -0.39 is 31.0 Å². The van der Waals surface area contributed by atoms with Gasteiger partial charge in [-0.05, 0) is 20.3 Å². The maximum absolute atomic E-state index is 11.1. The van der Waals surface area contributed by atoms with Crippen LogP contribution in [0, 0.1) is 0 Å². The van der Waals surface area contributed by atoms with E-state index in [0.29, 0.717) is 6.42 Å². The molecule has 2 unspecified atom stereocenters. The third-order valence-corrected chi connectivity index (χ3v) is 2.57. The Labute approximate surface area is 108 Å². The Morgan fingerprint density at radius 1 is 1.33 bits per heavy atom. The number of aliphatic hydroxyl groups is 3. The highest BCUT2D eigenvalue weighted by Crippen LogP contribution is 2.14. The zero-order valence-corrected chi connectivity index (χ0v) is 11.5. The lowest BCUT2D eigenvalue weighted by molar-refractivity contribution is -0.137. The number of nitrogens with one attached hydrogen (secondary N) is 1. The minimum Gasteiger partial charge on any atom is -0.394 e. The summed E-state index contributed by atoms with van der Waals surface area (Å²) in [4.78, 5) is 11.1. The molecule has 0 bridgehead atoms. The van der Waals surface area contributed by atoms with E-state index in [1.807, 2.05) is 6.92 Å². The zero-order chi connectivity index (χ0) is 14.3. The molecule has 0 radical (unpaired) electrons. The van der Waals surface area contributed by atoms with Crippen LogP contribution < -0.4 is 5.32 Å². The Bertz CT molecular complexity index is 247. The molecule has 0 aliphatic carbocycles. The van der Waals surface area contributed by atoms with Gasteiger partial charge in [0.1, 0.15) is 18.3 Å². The van der Waals surface area contributed by atoms with Crippen LogP contribution in [0.15, 0.2) is 0 Å². The van der Waals surface area contributed by atoms with E-state index >= 15 is 0 Å². The predicted octanol–water partition coefficient (Wildman–Crippen LogP) is -0.591. The molecule has 0 rings (SSSR count). The van der Waals surface area contributed by atoms with Crippen molar-refractivity contribution in [2.45, 2.75) is 64.6 Å². The van der Waals surface area contributed by atoms with E-state index in [1.54, 1.807) is 13.8 Å². The molecule has 6 nitrogen and oxygen atoms in total. The van der Waals surface area contributed by atoms with Gasteiger partial charge in [0.25, 0.3) is 0 Å². The number of aliphatic hydroxyl groups excluding tert-OH is 3. The van der Waals surface area contributed by atoms with Gasteiger partial charge in [-0.15, -0.1) is 0 Å². The molecule has 4 atom stereocenters. The second-order valence-corrected chi connectivity index (χ2v) is 4.61. The van der Waals surface area contributed by atoms with Crippen molar-refractivity contribution in [3.63, 3.8) is 0 Å². The van der Waals surface area contributed by atoms with Crippen LogP contribution >= 0.6 is 0 Å². The van der Waals surface area contributed by atoms with Crippen molar-refractivity contribution in [2.75, 3.05) is 6.61 Å². The topological polar surface area (TPSA) is 99.0 Å². The summed E-state index contributed by atoms with van der Waals surface area (Å²) in [6, 6.07) is -0.416. The average molecular weight is 263 g/mol. The number of rotatable bonds is 8. The molecular formula is C12H25NO5. The van der Waals surface area contributed by atoms with Gasteiger partial charge in [0, 0.05) is 6.92 Å². The van der Waals surface area contributed by atoms with Crippen molar-refractivity contribution in [3.8, 4) is 0 Å². The van der Waals surface area contributed by atoms with Gasteiger partial charge in [0.15, 0.2) is 0 Å². The minimum absolute atomic E-state index is 0.168. The third kappa shape index (κ3) is 5.77. The highest BCUT2D eigenvalue weighted by Gasteiger charge is 2.33. The largest absolute Gasteiger partial charge is 0.394 e. The molecule has 0 heterocycles. The Balaban J connectivity index is 4.87. The minimum atomic E-state index is -1.29. The summed E-state index contributed by atoms with van der Waals surface area (Å²) >= 11 is 0. The van der Waals surface area contributed by atoms with Crippen molar-refractivity contribution >= 4 is 5.91 Å². The van der Waals surface area contributed by atoms with Crippen molar-refractivity contribution < 1.29 is 24.9 Å². The molecule has 0 spiro atoms. The summed E-state index contributed by atoms with van der Waals surface area (Å²) in [7, 11) is 0. The standard InChI is InChI=1S/C12H25NO5/c1-5-9(13-8(4)15)12(18-7(2)3)11(17)10(16)6-14/h7,9-12,14,16-17H,5-6H2,1-4H3,(H,13,15)/t9?,10?,11-,12+/m0/s1. The van der Waals surface area contributed by atoms with Crippen molar-refractivity contribution in [3.05, 3.63) is 0 Å². The normalized spacial score (nSPS) is 18.2. The van der Waals surface area contributed by atoms with Gasteiger partial charge >= 0.3 is 0 Å². The van der Waals surface area contributed by atoms with E-state index in [1.165, 1.54) is 6.92 Å². The molecule has 6 heteroatoms. The van der Waals surface area contributed by atoms with Crippen molar-refractivity contribution in [2.24, 2.45) is 0 Å². The second-order valence-electron chi connectivity index (χ2n) is 4.61. The summed E-state index contributed by atoms with van der Waals surface area (Å²) in [5.41, 5.74) is 0. The first-order valence-electron chi connectivity index (χ1n) is 6.23. The Morgan fingerprint density at radius 2 is 1.89 bits per heavy atom. The van der Waals surface area contributed by atoms with Crippen LogP contribution in [0.5, 0.6) is 0 Å². The molecule has 4 N–H and O–H groups in total. The molecule has 0 aliphatic rings. The zero-order valence-electron chi connectivity index (χ0n) is 11.5. The number of amides is 1. The smallest absolute Gasteiger partial charge is 0.217 e. The van der Waals surface area contributed by atoms with Gasteiger partial charge in [0.05, 0.1) is 18.8 Å². The van der Waals surface area contributed by atoms with E-state index in [2.05, 4.69) is 5.32 Å². The van der Waals surface area contributed by atoms with Crippen molar-refractivity contribution in [1.82, 2.24) is 5.32 Å². The van der Waals surface area contributed by atoms with Crippen LogP contribution in [0.2, 0.25) is 0 Å². The van der Waals surface area contributed by atoms with Gasteiger partial charge in [-0.2, -0.15) is 0 Å². The fourth-order valence-corrected chi connectivity index (χ4v) is 1.73. The number of carbonyl (C=O) groups excluding carboxylic acids is 1.